The number of aliphatic imine (C=N–C) groups is 1. The van der Waals surface area contributed by atoms with Crippen LogP contribution in [0.4, 0.5) is 5.69 Å². The highest BCUT2D eigenvalue weighted by Crippen LogP contribution is 2.31. The summed E-state index contributed by atoms with van der Waals surface area (Å²) in [5, 5.41) is 8.48. The Kier molecular flexibility index (Phi) is 7.41. The van der Waals surface area contributed by atoms with Gasteiger partial charge in [0.2, 0.25) is 0 Å². The number of thioether (sulfide) groups is 1. The van der Waals surface area contributed by atoms with Gasteiger partial charge in [-0.1, -0.05) is 11.2 Å². The van der Waals surface area contributed by atoms with Gasteiger partial charge in [-0.15, -0.1) is 11.8 Å². The van der Waals surface area contributed by atoms with Crippen molar-refractivity contribution in [3.8, 4) is 11.8 Å². The monoisotopic (exact) mass is 296 g/mol. The SMILES string of the molecule is CC[S+]([O-])CCOc1ccc(/N=C/C#N)c(SC)c1. The molecule has 19 heavy (non-hydrogen) atoms. The van der Waals surface area contributed by atoms with Crippen LogP contribution >= 0.6 is 11.8 Å². The highest BCUT2D eigenvalue weighted by atomic mass is 32.2. The van der Waals surface area contributed by atoms with Crippen LogP contribution in [0.3, 0.4) is 0 Å². The Hall–Kier alpha value is -1.16. The van der Waals surface area contributed by atoms with E-state index in [-0.39, 0.29) is 0 Å². The molecule has 1 aromatic carbocycles. The van der Waals surface area contributed by atoms with Crippen LogP contribution in [0.15, 0.2) is 28.1 Å². The largest absolute Gasteiger partial charge is 0.616 e. The van der Waals surface area contributed by atoms with E-state index in [4.69, 9.17) is 10.00 Å². The fourth-order valence-corrected chi connectivity index (χ4v) is 2.47. The molecule has 0 spiro atoms. The van der Waals surface area contributed by atoms with E-state index in [1.165, 1.54) is 6.21 Å². The third-order valence-electron chi connectivity index (χ3n) is 2.31. The van der Waals surface area contributed by atoms with E-state index in [1.54, 1.807) is 17.8 Å². The number of nitrogens with zero attached hydrogens (tertiary/aromatic N) is 2. The van der Waals surface area contributed by atoms with Gasteiger partial charge in [0.05, 0.1) is 5.69 Å². The van der Waals surface area contributed by atoms with Gasteiger partial charge in [0.25, 0.3) is 0 Å². The van der Waals surface area contributed by atoms with Crippen molar-refractivity contribution in [3.05, 3.63) is 18.2 Å². The molecule has 0 N–H and O–H groups in total. The van der Waals surface area contributed by atoms with Crippen molar-refractivity contribution in [1.82, 2.24) is 0 Å². The van der Waals surface area contributed by atoms with Crippen LogP contribution in [0.2, 0.25) is 0 Å². The second kappa shape index (κ2) is 8.86. The number of rotatable bonds is 7. The number of ether oxygens (including phenoxy) is 1. The third-order valence-corrected chi connectivity index (χ3v) is 4.35. The maximum absolute atomic E-state index is 11.3. The van der Waals surface area contributed by atoms with Gasteiger partial charge in [-0.3, -0.25) is 0 Å². The lowest BCUT2D eigenvalue weighted by Gasteiger charge is -2.11. The summed E-state index contributed by atoms with van der Waals surface area (Å²) in [6.45, 7) is 2.33. The average Bonchev–Trinajstić information content (AvgIpc) is 2.45. The van der Waals surface area contributed by atoms with Crippen LogP contribution in [0.1, 0.15) is 6.92 Å². The van der Waals surface area contributed by atoms with Crippen LogP contribution in [0.5, 0.6) is 5.75 Å². The minimum absolute atomic E-state index is 0.440. The Labute approximate surface area is 121 Å². The zero-order valence-electron chi connectivity index (χ0n) is 11.0. The minimum atomic E-state index is -0.806. The van der Waals surface area contributed by atoms with E-state index in [9.17, 15) is 4.55 Å². The Morgan fingerprint density at radius 3 is 3.00 bits per heavy atom. The molecule has 0 saturated heterocycles. The summed E-state index contributed by atoms with van der Waals surface area (Å²) in [6, 6.07) is 7.36. The molecule has 0 aliphatic heterocycles. The van der Waals surface area contributed by atoms with E-state index < -0.39 is 11.2 Å². The van der Waals surface area contributed by atoms with E-state index >= 15 is 0 Å². The average molecular weight is 296 g/mol. The lowest BCUT2D eigenvalue weighted by molar-refractivity contribution is 0.340. The maximum Gasteiger partial charge on any atom is 0.139 e. The zero-order valence-corrected chi connectivity index (χ0v) is 12.6. The molecule has 1 atom stereocenters. The first-order chi connectivity index (χ1) is 9.21. The quantitative estimate of drug-likeness (QED) is 0.441. The van der Waals surface area contributed by atoms with Gasteiger partial charge in [-0.2, -0.15) is 5.26 Å². The molecule has 0 bridgehead atoms. The summed E-state index contributed by atoms with van der Waals surface area (Å²) in [4.78, 5) is 4.99. The highest BCUT2D eigenvalue weighted by molar-refractivity contribution is 7.98. The van der Waals surface area contributed by atoms with Gasteiger partial charge in [-0.05, 0) is 31.4 Å². The van der Waals surface area contributed by atoms with Crippen LogP contribution < -0.4 is 4.74 Å². The second-order valence-electron chi connectivity index (χ2n) is 3.50. The molecule has 0 heterocycles. The maximum atomic E-state index is 11.3. The Morgan fingerprint density at radius 1 is 1.58 bits per heavy atom. The summed E-state index contributed by atoms with van der Waals surface area (Å²) >= 11 is 0.735. The summed E-state index contributed by atoms with van der Waals surface area (Å²) in [5.74, 6) is 1.93. The highest BCUT2D eigenvalue weighted by Gasteiger charge is 2.05. The van der Waals surface area contributed by atoms with Crippen LogP contribution in [0, 0.1) is 11.3 Å². The number of benzene rings is 1. The molecule has 0 aliphatic rings. The Balaban J connectivity index is 2.66. The molecular formula is C13H16N2O2S2. The number of hydrogen-bond donors (Lipinski definition) is 0. The molecule has 102 valence electrons. The standard InChI is InChI=1S/C13H16N2O2S2/c1-3-19(16)9-8-17-11-4-5-12(15-7-6-14)13(10-11)18-2/h4-5,7,10H,3,8-9H2,1-2H3/b15-7+. The molecule has 4 nitrogen and oxygen atoms in total. The molecule has 0 amide bonds. The van der Waals surface area contributed by atoms with Gasteiger partial charge in [-0.25, -0.2) is 4.99 Å². The van der Waals surface area contributed by atoms with E-state index in [2.05, 4.69) is 4.99 Å². The van der Waals surface area contributed by atoms with Crippen molar-refractivity contribution in [2.24, 2.45) is 4.99 Å². The van der Waals surface area contributed by atoms with Crippen molar-refractivity contribution in [2.45, 2.75) is 11.8 Å². The molecular weight excluding hydrogens is 280 g/mol. The van der Waals surface area contributed by atoms with E-state index in [0.717, 1.165) is 16.3 Å². The van der Waals surface area contributed by atoms with Crippen molar-refractivity contribution in [3.63, 3.8) is 0 Å². The Bertz CT molecular complexity index is 472. The first-order valence-corrected chi connectivity index (χ1v) is 8.50. The van der Waals surface area contributed by atoms with Gasteiger partial charge < -0.3 is 9.29 Å². The number of hydrogen-bond acceptors (Lipinski definition) is 5. The summed E-state index contributed by atoms with van der Waals surface area (Å²) in [6.07, 6.45) is 3.15. The molecule has 0 aliphatic carbocycles. The lowest BCUT2D eigenvalue weighted by atomic mass is 10.3. The fourth-order valence-electron chi connectivity index (χ4n) is 1.35. The molecule has 6 heteroatoms. The summed E-state index contributed by atoms with van der Waals surface area (Å²) in [5.41, 5.74) is 0.749. The molecule has 0 aromatic heterocycles. The van der Waals surface area contributed by atoms with Gasteiger partial charge in [0.1, 0.15) is 36.1 Å². The van der Waals surface area contributed by atoms with Crippen molar-refractivity contribution in [1.29, 1.82) is 5.26 Å². The van der Waals surface area contributed by atoms with Crippen LogP contribution in [-0.4, -0.2) is 35.1 Å². The summed E-state index contributed by atoms with van der Waals surface area (Å²) in [7, 11) is 0. The molecule has 1 unspecified atom stereocenters. The predicted octanol–water partition coefficient (Wildman–Crippen LogP) is 2.78. The molecule has 1 aromatic rings. The Morgan fingerprint density at radius 2 is 2.37 bits per heavy atom. The number of nitriles is 1. The van der Waals surface area contributed by atoms with Crippen LogP contribution in [0.25, 0.3) is 0 Å². The predicted molar refractivity (Wildman–Crippen MR) is 81.0 cm³/mol. The molecule has 0 radical (unpaired) electrons. The topological polar surface area (TPSA) is 68.4 Å². The molecule has 0 fully saturated rings. The smallest absolute Gasteiger partial charge is 0.139 e. The van der Waals surface area contributed by atoms with E-state index in [1.807, 2.05) is 31.4 Å². The van der Waals surface area contributed by atoms with Gasteiger partial charge >= 0.3 is 0 Å². The van der Waals surface area contributed by atoms with Gasteiger partial charge in [0.15, 0.2) is 0 Å². The van der Waals surface area contributed by atoms with Crippen molar-refractivity contribution in [2.75, 3.05) is 24.4 Å². The zero-order chi connectivity index (χ0) is 14.1. The first kappa shape index (κ1) is 15.9. The van der Waals surface area contributed by atoms with Gasteiger partial charge in [0, 0.05) is 4.90 Å². The van der Waals surface area contributed by atoms with Crippen LogP contribution in [-0.2, 0) is 11.2 Å². The minimum Gasteiger partial charge on any atom is -0.616 e. The third kappa shape index (κ3) is 5.55. The summed E-state index contributed by atoms with van der Waals surface area (Å²) < 4.78 is 16.8. The molecule has 0 saturated carbocycles. The second-order valence-corrected chi connectivity index (χ2v) is 6.22. The van der Waals surface area contributed by atoms with Crippen molar-refractivity contribution < 1.29 is 9.29 Å². The lowest BCUT2D eigenvalue weighted by Crippen LogP contribution is -2.15. The van der Waals surface area contributed by atoms with Crippen molar-refractivity contribution >= 4 is 34.8 Å². The molecule has 1 rings (SSSR count). The van der Waals surface area contributed by atoms with E-state index in [0.29, 0.717) is 18.1 Å². The normalized spacial score (nSPS) is 12.3. The fraction of sp³-hybridized carbons (Fsp3) is 0.385. The first-order valence-electron chi connectivity index (χ1n) is 5.79.